The molecule has 1 unspecified atom stereocenters. The fourth-order valence-electron chi connectivity index (χ4n) is 1.48. The molecule has 1 radical (unpaired) electrons. The second kappa shape index (κ2) is 3.18. The summed E-state index contributed by atoms with van der Waals surface area (Å²) in [6.45, 7) is 0.601. The highest BCUT2D eigenvalue weighted by molar-refractivity contribution is 5.98. The molecule has 0 aliphatic carbocycles. The van der Waals surface area contributed by atoms with Gasteiger partial charge in [-0.05, 0) is 18.2 Å². The van der Waals surface area contributed by atoms with E-state index >= 15 is 0 Å². The Morgan fingerprint density at radius 3 is 2.69 bits per heavy atom. The summed E-state index contributed by atoms with van der Waals surface area (Å²) in [7, 11) is 0. The van der Waals surface area contributed by atoms with Crippen molar-refractivity contribution in [1.29, 1.82) is 0 Å². The fourth-order valence-corrected chi connectivity index (χ4v) is 1.48. The van der Waals surface area contributed by atoms with E-state index in [1.54, 1.807) is 17.0 Å². The van der Waals surface area contributed by atoms with Crippen LogP contribution in [0.5, 0.6) is 0 Å². The molecule has 3 heteroatoms. The van der Waals surface area contributed by atoms with E-state index in [4.69, 9.17) is 0 Å². The van der Waals surface area contributed by atoms with Crippen LogP contribution in [0.1, 0.15) is 6.42 Å². The maximum atomic E-state index is 11.4. The van der Waals surface area contributed by atoms with Gasteiger partial charge in [0.1, 0.15) is 6.10 Å². The third kappa shape index (κ3) is 1.42. The van der Waals surface area contributed by atoms with Crippen molar-refractivity contribution in [1.82, 2.24) is 0 Å². The average molecular weight is 176 g/mol. The van der Waals surface area contributed by atoms with Crippen molar-refractivity contribution in [3.63, 3.8) is 0 Å². The largest absolute Gasteiger partial charge is 0.383 e. The lowest BCUT2D eigenvalue weighted by Crippen LogP contribution is -2.28. The first-order valence-electron chi connectivity index (χ1n) is 4.24. The van der Waals surface area contributed by atoms with Crippen molar-refractivity contribution in [3.05, 3.63) is 30.3 Å². The van der Waals surface area contributed by atoms with Crippen LogP contribution in [0.15, 0.2) is 24.3 Å². The predicted octanol–water partition coefficient (Wildman–Crippen LogP) is 0.584. The highest BCUT2D eigenvalue weighted by Gasteiger charge is 2.30. The third-order valence-electron chi connectivity index (χ3n) is 2.19. The normalized spacial score (nSPS) is 22.4. The first-order chi connectivity index (χ1) is 6.29. The Bertz CT molecular complexity index is 310. The van der Waals surface area contributed by atoms with E-state index in [1.807, 2.05) is 12.1 Å². The Balaban J connectivity index is 2.24. The first-order valence-corrected chi connectivity index (χ1v) is 4.24. The fraction of sp³-hybridized carbons (Fsp3) is 0.300. The molecule has 67 valence electrons. The molecule has 1 aliphatic heterocycles. The quantitative estimate of drug-likeness (QED) is 0.680. The minimum absolute atomic E-state index is 0.203. The van der Waals surface area contributed by atoms with Crippen LogP contribution in [0.2, 0.25) is 0 Å². The number of hydrogen-bond donors (Lipinski definition) is 1. The summed E-state index contributed by atoms with van der Waals surface area (Å²) in [5.41, 5.74) is 0.834. The molecule has 0 saturated carbocycles. The number of rotatable bonds is 1. The molecule has 0 spiro atoms. The van der Waals surface area contributed by atoms with E-state index < -0.39 is 6.10 Å². The van der Waals surface area contributed by atoms with E-state index in [0.29, 0.717) is 13.0 Å². The van der Waals surface area contributed by atoms with Gasteiger partial charge in [0, 0.05) is 18.7 Å². The van der Waals surface area contributed by atoms with Gasteiger partial charge in [0.25, 0.3) is 5.91 Å². The van der Waals surface area contributed by atoms with E-state index in [2.05, 4.69) is 6.07 Å². The predicted molar refractivity (Wildman–Crippen MR) is 48.3 cm³/mol. The highest BCUT2D eigenvalue weighted by atomic mass is 16.3. The Labute approximate surface area is 76.6 Å². The maximum Gasteiger partial charge on any atom is 0.255 e. The number of nitrogens with zero attached hydrogens (tertiary/aromatic N) is 1. The van der Waals surface area contributed by atoms with Crippen molar-refractivity contribution in [3.8, 4) is 0 Å². The van der Waals surface area contributed by atoms with Gasteiger partial charge < -0.3 is 10.0 Å². The molecule has 1 fully saturated rings. The minimum Gasteiger partial charge on any atom is -0.383 e. The molecule has 1 aromatic rings. The molecular weight excluding hydrogens is 166 g/mol. The smallest absolute Gasteiger partial charge is 0.255 e. The van der Waals surface area contributed by atoms with E-state index in [0.717, 1.165) is 5.69 Å². The minimum atomic E-state index is -0.816. The molecule has 1 amide bonds. The number of benzene rings is 1. The van der Waals surface area contributed by atoms with Crippen LogP contribution in [0, 0.1) is 6.07 Å². The van der Waals surface area contributed by atoms with Gasteiger partial charge in [0.05, 0.1) is 0 Å². The van der Waals surface area contributed by atoms with Crippen LogP contribution in [-0.2, 0) is 4.79 Å². The second-order valence-electron chi connectivity index (χ2n) is 3.05. The zero-order valence-corrected chi connectivity index (χ0v) is 7.10. The lowest BCUT2D eigenvalue weighted by Gasteiger charge is -2.14. The summed E-state index contributed by atoms with van der Waals surface area (Å²) < 4.78 is 0. The SMILES string of the molecule is O=C1C(O)CCN1c1cc[c]cc1. The third-order valence-corrected chi connectivity index (χ3v) is 2.19. The molecule has 0 bridgehead atoms. The Morgan fingerprint density at radius 1 is 1.46 bits per heavy atom. The van der Waals surface area contributed by atoms with Gasteiger partial charge in [-0.25, -0.2) is 0 Å². The summed E-state index contributed by atoms with van der Waals surface area (Å²) in [5, 5.41) is 9.23. The molecule has 13 heavy (non-hydrogen) atoms. The number of hydrogen-bond acceptors (Lipinski definition) is 2. The molecule has 0 aromatic heterocycles. The number of amides is 1. The standard InChI is InChI=1S/C10H10NO2/c12-9-6-7-11(10(9)13)8-4-2-1-3-5-8/h2-5,9,12H,6-7H2. The summed E-state index contributed by atoms with van der Waals surface area (Å²) >= 11 is 0. The number of carbonyl (C=O) groups excluding carboxylic acids is 1. The zero-order valence-electron chi connectivity index (χ0n) is 7.10. The molecular formula is C10H10NO2. The first kappa shape index (κ1) is 8.26. The van der Waals surface area contributed by atoms with E-state index in [-0.39, 0.29) is 5.91 Å². The lowest BCUT2D eigenvalue weighted by atomic mass is 10.3. The van der Waals surface area contributed by atoms with Gasteiger partial charge in [0.15, 0.2) is 0 Å². The van der Waals surface area contributed by atoms with Gasteiger partial charge in [0.2, 0.25) is 0 Å². The molecule has 1 atom stereocenters. The monoisotopic (exact) mass is 176 g/mol. The molecule has 2 rings (SSSR count). The van der Waals surface area contributed by atoms with Crippen molar-refractivity contribution < 1.29 is 9.90 Å². The van der Waals surface area contributed by atoms with Crippen LogP contribution in [0.4, 0.5) is 5.69 Å². The second-order valence-corrected chi connectivity index (χ2v) is 3.05. The van der Waals surface area contributed by atoms with Crippen molar-refractivity contribution >= 4 is 11.6 Å². The summed E-state index contributed by atoms with van der Waals surface area (Å²) in [6.07, 6.45) is -0.290. The van der Waals surface area contributed by atoms with Gasteiger partial charge >= 0.3 is 0 Å². The van der Waals surface area contributed by atoms with Crippen molar-refractivity contribution in [2.75, 3.05) is 11.4 Å². The lowest BCUT2D eigenvalue weighted by molar-refractivity contribution is -0.123. The summed E-state index contributed by atoms with van der Waals surface area (Å²) in [6, 6.07) is 10.0. The van der Waals surface area contributed by atoms with Gasteiger partial charge in [-0.1, -0.05) is 12.1 Å². The average Bonchev–Trinajstić information content (AvgIpc) is 2.49. The molecule has 1 saturated heterocycles. The molecule has 1 aromatic carbocycles. The molecule has 1 heterocycles. The molecule has 1 aliphatic rings. The van der Waals surface area contributed by atoms with Gasteiger partial charge in [-0.15, -0.1) is 0 Å². The Hall–Kier alpha value is -1.35. The number of aliphatic hydroxyl groups excluding tert-OH is 1. The van der Waals surface area contributed by atoms with Crippen molar-refractivity contribution in [2.45, 2.75) is 12.5 Å². The maximum absolute atomic E-state index is 11.4. The number of aliphatic hydroxyl groups is 1. The van der Waals surface area contributed by atoms with Crippen LogP contribution in [0.25, 0.3) is 0 Å². The number of anilines is 1. The molecule has 3 nitrogen and oxygen atoms in total. The van der Waals surface area contributed by atoms with Crippen LogP contribution in [-0.4, -0.2) is 23.7 Å². The van der Waals surface area contributed by atoms with Gasteiger partial charge in [-0.3, -0.25) is 4.79 Å². The van der Waals surface area contributed by atoms with Crippen LogP contribution >= 0.6 is 0 Å². The van der Waals surface area contributed by atoms with Crippen LogP contribution in [0.3, 0.4) is 0 Å². The zero-order chi connectivity index (χ0) is 9.26. The Kier molecular flexibility index (Phi) is 2.02. The summed E-state index contributed by atoms with van der Waals surface area (Å²) in [4.78, 5) is 13.0. The topological polar surface area (TPSA) is 40.5 Å². The van der Waals surface area contributed by atoms with Gasteiger partial charge in [-0.2, -0.15) is 0 Å². The van der Waals surface area contributed by atoms with E-state index in [1.165, 1.54) is 0 Å². The highest BCUT2D eigenvalue weighted by Crippen LogP contribution is 2.20. The molecule has 1 N–H and O–H groups in total. The number of carbonyl (C=O) groups is 1. The summed E-state index contributed by atoms with van der Waals surface area (Å²) in [5.74, 6) is -0.203. The van der Waals surface area contributed by atoms with E-state index in [9.17, 15) is 9.90 Å². The van der Waals surface area contributed by atoms with Crippen LogP contribution < -0.4 is 4.90 Å². The Morgan fingerprint density at radius 2 is 2.15 bits per heavy atom. The van der Waals surface area contributed by atoms with Crippen molar-refractivity contribution in [2.24, 2.45) is 0 Å².